The van der Waals surface area contributed by atoms with Gasteiger partial charge in [-0.25, -0.2) is 9.97 Å². The molecule has 0 aliphatic heterocycles. The molecule has 43 heavy (non-hydrogen) atoms. The number of rotatable bonds is 0. The van der Waals surface area contributed by atoms with Crippen LogP contribution in [0.1, 0.15) is 103 Å². The highest BCUT2D eigenvalue weighted by molar-refractivity contribution is 5.85. The molecule has 0 amide bonds. The first-order valence-corrected chi connectivity index (χ1v) is 15.5. The second-order valence-corrected chi connectivity index (χ2v) is 14.6. The van der Waals surface area contributed by atoms with E-state index in [4.69, 9.17) is 0 Å². The lowest BCUT2D eigenvalue weighted by molar-refractivity contribution is 0.532. The van der Waals surface area contributed by atoms with Crippen molar-refractivity contribution in [2.45, 2.75) is 104 Å². The summed E-state index contributed by atoms with van der Waals surface area (Å²) in [4.78, 5) is 28.1. The second kappa shape index (κ2) is 12.8. The first-order valence-electron chi connectivity index (χ1n) is 15.5. The van der Waals surface area contributed by atoms with E-state index >= 15 is 0 Å². The number of pyridine rings is 2. The lowest BCUT2D eigenvalue weighted by Gasteiger charge is -2.20. The van der Waals surface area contributed by atoms with Crippen LogP contribution in [-0.4, -0.2) is 19.9 Å². The van der Waals surface area contributed by atoms with Crippen molar-refractivity contribution < 1.29 is 0 Å². The Labute approximate surface area is 257 Å². The molecular formula is C38H48N4O. The monoisotopic (exact) mass is 576 g/mol. The number of hydrogen-bond acceptors (Lipinski definition) is 4. The summed E-state index contributed by atoms with van der Waals surface area (Å²) in [6.07, 6.45) is 10.8. The molecule has 0 saturated heterocycles. The maximum Gasteiger partial charge on any atom is 0.252 e. The van der Waals surface area contributed by atoms with E-state index in [2.05, 4.69) is 85.7 Å². The van der Waals surface area contributed by atoms with Crippen LogP contribution in [0, 0.1) is 0 Å². The largest absolute Gasteiger partial charge is 0.322 e. The lowest BCUT2D eigenvalue weighted by Crippen LogP contribution is -2.24. The molecule has 3 aromatic heterocycles. The molecule has 1 aliphatic rings. The van der Waals surface area contributed by atoms with Crippen LogP contribution in [-0.2, 0) is 29.1 Å². The minimum Gasteiger partial charge on any atom is -0.322 e. The zero-order valence-corrected chi connectivity index (χ0v) is 27.5. The van der Waals surface area contributed by atoms with Crippen molar-refractivity contribution in [2.75, 3.05) is 0 Å². The maximum atomic E-state index is 11.8. The zero-order chi connectivity index (χ0) is 31.4. The quantitative estimate of drug-likeness (QED) is 0.200. The second-order valence-electron chi connectivity index (χ2n) is 14.6. The molecule has 0 radical (unpaired) electrons. The highest BCUT2D eigenvalue weighted by Crippen LogP contribution is 2.28. The van der Waals surface area contributed by atoms with Gasteiger partial charge in [-0.15, -0.1) is 0 Å². The van der Waals surface area contributed by atoms with Gasteiger partial charge in [0.05, 0.1) is 0 Å². The van der Waals surface area contributed by atoms with E-state index in [-0.39, 0.29) is 21.8 Å². The van der Waals surface area contributed by atoms with Crippen LogP contribution in [0.3, 0.4) is 0 Å². The summed E-state index contributed by atoms with van der Waals surface area (Å²) in [6, 6.07) is 18.2. The molecule has 0 saturated carbocycles. The minimum atomic E-state index is -0.113. The number of aryl methyl sites for hydroxylation is 2. The van der Waals surface area contributed by atoms with Gasteiger partial charge in [-0.3, -0.25) is 9.78 Å². The average Bonchev–Trinajstić information content (AvgIpc) is 2.95. The van der Waals surface area contributed by atoms with E-state index in [0.29, 0.717) is 0 Å². The molecule has 1 N–H and O–H groups in total. The predicted molar refractivity (Wildman–Crippen MR) is 181 cm³/mol. The van der Waals surface area contributed by atoms with Crippen LogP contribution < -0.4 is 5.56 Å². The summed E-state index contributed by atoms with van der Waals surface area (Å²) in [5, 5.41) is 3.62. The average molecular weight is 577 g/mol. The van der Waals surface area contributed by atoms with Crippen LogP contribution in [0.25, 0.3) is 21.7 Å². The van der Waals surface area contributed by atoms with Gasteiger partial charge in [-0.05, 0) is 70.5 Å². The Balaban J connectivity index is 0.000000148. The number of fused-ring (bicyclic) bond motifs is 3. The smallest absolute Gasteiger partial charge is 0.252 e. The van der Waals surface area contributed by atoms with Crippen molar-refractivity contribution in [2.24, 2.45) is 0 Å². The normalized spacial score (nSPS) is 13.4. The van der Waals surface area contributed by atoms with Crippen LogP contribution in [0.2, 0.25) is 0 Å². The van der Waals surface area contributed by atoms with Gasteiger partial charge < -0.3 is 4.98 Å². The molecule has 5 heteroatoms. The van der Waals surface area contributed by atoms with E-state index in [0.717, 1.165) is 28.7 Å². The van der Waals surface area contributed by atoms with E-state index in [1.807, 2.05) is 69.7 Å². The Morgan fingerprint density at radius 1 is 0.674 bits per heavy atom. The highest BCUT2D eigenvalue weighted by atomic mass is 16.1. The molecule has 0 fully saturated rings. The van der Waals surface area contributed by atoms with Crippen LogP contribution in [0.4, 0.5) is 0 Å². The number of nitrogens with zero attached hydrogens (tertiary/aromatic N) is 3. The van der Waals surface area contributed by atoms with Crippen molar-refractivity contribution in [1.29, 1.82) is 0 Å². The van der Waals surface area contributed by atoms with Gasteiger partial charge in [0.1, 0.15) is 5.82 Å². The first-order chi connectivity index (χ1) is 20.1. The molecule has 6 rings (SSSR count). The van der Waals surface area contributed by atoms with Crippen LogP contribution in [0.15, 0.2) is 78.0 Å². The number of para-hydroxylation sites is 1. The Hall–Kier alpha value is -3.86. The molecule has 0 unspecified atom stereocenters. The summed E-state index contributed by atoms with van der Waals surface area (Å²) in [5.74, 6) is 0.984. The van der Waals surface area contributed by atoms with Crippen molar-refractivity contribution in [3.05, 3.63) is 112 Å². The topological polar surface area (TPSA) is 71.5 Å². The Bertz CT molecular complexity index is 1740. The van der Waals surface area contributed by atoms with E-state index in [1.54, 1.807) is 0 Å². The highest BCUT2D eigenvalue weighted by Gasteiger charge is 2.20. The fraction of sp³-hybridized carbons (Fsp3) is 0.421. The van der Waals surface area contributed by atoms with Crippen molar-refractivity contribution >= 4 is 21.7 Å². The van der Waals surface area contributed by atoms with Gasteiger partial charge in [-0.2, -0.15) is 0 Å². The number of nitrogens with one attached hydrogen (secondary N) is 1. The van der Waals surface area contributed by atoms with Crippen LogP contribution >= 0.6 is 0 Å². The van der Waals surface area contributed by atoms with E-state index < -0.39 is 0 Å². The van der Waals surface area contributed by atoms with Crippen molar-refractivity contribution in [3.63, 3.8) is 0 Å². The van der Waals surface area contributed by atoms with E-state index in [1.165, 1.54) is 46.9 Å². The summed E-state index contributed by atoms with van der Waals surface area (Å²) in [6.45, 7) is 19.3. The van der Waals surface area contributed by atoms with Crippen molar-refractivity contribution in [1.82, 2.24) is 19.9 Å². The number of hydrogen-bond donors (Lipinski definition) is 1. The first kappa shape index (κ1) is 32.1. The molecular weight excluding hydrogens is 528 g/mol. The van der Waals surface area contributed by atoms with Gasteiger partial charge in [0.25, 0.3) is 5.56 Å². The molecule has 0 spiro atoms. The molecule has 0 bridgehead atoms. The molecule has 226 valence electrons. The Morgan fingerprint density at radius 2 is 1.30 bits per heavy atom. The summed E-state index contributed by atoms with van der Waals surface area (Å²) >= 11 is 0. The summed E-state index contributed by atoms with van der Waals surface area (Å²) in [5.41, 5.74) is 5.84. The van der Waals surface area contributed by atoms with Crippen LogP contribution in [0.5, 0.6) is 0 Å². The number of H-pyrrole nitrogens is 1. The Morgan fingerprint density at radius 3 is 1.98 bits per heavy atom. The maximum absolute atomic E-state index is 11.8. The third kappa shape index (κ3) is 8.16. The van der Waals surface area contributed by atoms with Gasteiger partial charge in [0, 0.05) is 46.2 Å². The third-order valence-corrected chi connectivity index (χ3v) is 7.77. The molecule has 5 nitrogen and oxygen atoms in total. The number of aromatic nitrogens is 4. The predicted octanol–water partition coefficient (Wildman–Crippen LogP) is 9.01. The van der Waals surface area contributed by atoms with Gasteiger partial charge in [-0.1, -0.05) is 105 Å². The fourth-order valence-electron chi connectivity index (χ4n) is 5.26. The van der Waals surface area contributed by atoms with E-state index in [9.17, 15) is 4.79 Å². The summed E-state index contributed by atoms with van der Waals surface area (Å²) in [7, 11) is 0. The summed E-state index contributed by atoms with van der Waals surface area (Å²) < 4.78 is 0. The lowest BCUT2D eigenvalue weighted by atomic mass is 9.85. The van der Waals surface area contributed by atoms with Gasteiger partial charge >= 0.3 is 0 Å². The third-order valence-electron chi connectivity index (χ3n) is 7.77. The molecule has 0 atom stereocenters. The van der Waals surface area contributed by atoms with Gasteiger partial charge in [0.15, 0.2) is 0 Å². The zero-order valence-electron chi connectivity index (χ0n) is 27.5. The fourth-order valence-corrected chi connectivity index (χ4v) is 5.26. The minimum absolute atomic E-state index is 0.0150. The molecule has 1 aliphatic carbocycles. The Kier molecular flexibility index (Phi) is 9.54. The number of aromatic amines is 1. The molecule has 3 heterocycles. The molecule has 2 aromatic carbocycles. The number of benzene rings is 2. The standard InChI is InChI=1S/C13H15NO.C13H15N.C12H18N2/c1-13(2,3)10-8-9-6-4-5-7-11(9)14-12(10)15;1-13(2,3)12-9-14-8-10-6-4-5-7-11(10)12;1-12(2,3)11-13-8-9-6-4-5-7-10(9)14-11/h4-8H,1-3H3,(H,14,15);4-9H,1-3H3;8H,4-7H2,1-3H3. The SMILES string of the molecule is CC(C)(C)c1cc2ccccc2[nH]c1=O.CC(C)(C)c1cncc2ccccc12.CC(C)(C)c1ncc2c(n1)CCCC2. The van der Waals surface area contributed by atoms with Crippen molar-refractivity contribution in [3.8, 4) is 0 Å². The van der Waals surface area contributed by atoms with Gasteiger partial charge in [0.2, 0.25) is 0 Å². The molecule has 5 aromatic rings.